The normalized spacial score (nSPS) is 11.1. The van der Waals surface area contributed by atoms with Crippen molar-refractivity contribution in [2.45, 2.75) is 26.7 Å². The second-order valence-electron chi connectivity index (χ2n) is 4.07. The van der Waals surface area contributed by atoms with Crippen LogP contribution >= 0.6 is 23.2 Å². The fourth-order valence-corrected chi connectivity index (χ4v) is 2.58. The Morgan fingerprint density at radius 2 is 2.00 bits per heavy atom. The molecule has 0 fully saturated rings. The van der Waals surface area contributed by atoms with Crippen LogP contribution in [0.4, 0.5) is 0 Å². The number of rotatable bonds is 1. The van der Waals surface area contributed by atoms with Crippen LogP contribution in [-0.2, 0) is 0 Å². The van der Waals surface area contributed by atoms with E-state index < -0.39 is 0 Å². The molecule has 0 N–H and O–H groups in total. The van der Waals surface area contributed by atoms with Gasteiger partial charge in [0, 0.05) is 5.56 Å². The number of nitrogens with zero attached hydrogens (tertiary/aromatic N) is 4. The monoisotopic (exact) mass is 268 g/mol. The van der Waals surface area contributed by atoms with Crippen molar-refractivity contribution in [3.05, 3.63) is 27.1 Å². The SMILES string of the molecule is Cc1nn2c(Cl)c(C(C)C)c(Cl)nc2c1C#N. The van der Waals surface area contributed by atoms with E-state index in [9.17, 15) is 0 Å². The van der Waals surface area contributed by atoms with Crippen LogP contribution in [0, 0.1) is 18.3 Å². The number of aryl methyl sites for hydroxylation is 1. The van der Waals surface area contributed by atoms with E-state index in [-0.39, 0.29) is 5.92 Å². The van der Waals surface area contributed by atoms with Gasteiger partial charge in [-0.2, -0.15) is 10.4 Å². The first-order chi connectivity index (χ1) is 7.97. The third kappa shape index (κ3) is 1.76. The number of fused-ring (bicyclic) bond motifs is 1. The minimum absolute atomic E-state index is 0.141. The Kier molecular flexibility index (Phi) is 2.98. The summed E-state index contributed by atoms with van der Waals surface area (Å²) < 4.78 is 1.47. The molecule has 0 unspecified atom stereocenters. The van der Waals surface area contributed by atoms with E-state index >= 15 is 0 Å². The summed E-state index contributed by atoms with van der Waals surface area (Å²) in [6.45, 7) is 5.69. The van der Waals surface area contributed by atoms with E-state index in [2.05, 4.69) is 16.2 Å². The number of hydrogen-bond acceptors (Lipinski definition) is 3. The Labute approximate surface area is 109 Å². The van der Waals surface area contributed by atoms with Gasteiger partial charge in [-0.25, -0.2) is 9.50 Å². The lowest BCUT2D eigenvalue weighted by atomic mass is 10.1. The molecule has 17 heavy (non-hydrogen) atoms. The molecule has 4 nitrogen and oxygen atoms in total. The third-order valence-electron chi connectivity index (χ3n) is 2.56. The van der Waals surface area contributed by atoms with Crippen molar-refractivity contribution in [2.75, 3.05) is 0 Å². The molecule has 0 saturated carbocycles. The van der Waals surface area contributed by atoms with E-state index in [1.165, 1.54) is 4.52 Å². The lowest BCUT2D eigenvalue weighted by Gasteiger charge is -2.10. The summed E-state index contributed by atoms with van der Waals surface area (Å²) in [5.41, 5.74) is 2.15. The summed E-state index contributed by atoms with van der Waals surface area (Å²) in [7, 11) is 0. The molecule has 0 aliphatic carbocycles. The molecule has 2 heterocycles. The first-order valence-corrected chi connectivity index (χ1v) is 5.87. The Morgan fingerprint density at radius 3 is 2.53 bits per heavy atom. The van der Waals surface area contributed by atoms with Gasteiger partial charge in [0.1, 0.15) is 21.9 Å². The van der Waals surface area contributed by atoms with E-state index in [0.29, 0.717) is 27.2 Å². The molecule has 6 heteroatoms. The van der Waals surface area contributed by atoms with Crippen molar-refractivity contribution < 1.29 is 0 Å². The number of hydrogen-bond donors (Lipinski definition) is 0. The van der Waals surface area contributed by atoms with Crippen LogP contribution in [0.2, 0.25) is 10.3 Å². The minimum atomic E-state index is 0.141. The molecule has 2 aromatic rings. The molecule has 88 valence electrons. The molecule has 0 radical (unpaired) electrons. The number of aromatic nitrogens is 3. The highest BCUT2D eigenvalue weighted by atomic mass is 35.5. The molecule has 0 amide bonds. The maximum Gasteiger partial charge on any atom is 0.176 e. The Balaban J connectivity index is 2.92. The van der Waals surface area contributed by atoms with Crippen molar-refractivity contribution in [1.82, 2.24) is 14.6 Å². The van der Waals surface area contributed by atoms with E-state index in [4.69, 9.17) is 28.5 Å². The molecule has 0 bridgehead atoms. The first kappa shape index (κ1) is 12.2. The maximum absolute atomic E-state index is 9.04. The van der Waals surface area contributed by atoms with Crippen molar-refractivity contribution >= 4 is 28.8 Å². The molecule has 2 aromatic heterocycles. The summed E-state index contributed by atoms with van der Waals surface area (Å²) in [6.07, 6.45) is 0. The highest BCUT2D eigenvalue weighted by molar-refractivity contribution is 6.35. The Morgan fingerprint density at radius 1 is 1.35 bits per heavy atom. The zero-order valence-corrected chi connectivity index (χ0v) is 11.1. The summed E-state index contributed by atoms with van der Waals surface area (Å²) in [5, 5.41) is 14.0. The number of nitriles is 1. The van der Waals surface area contributed by atoms with Crippen molar-refractivity contribution in [3.63, 3.8) is 0 Å². The van der Waals surface area contributed by atoms with Gasteiger partial charge in [-0.15, -0.1) is 0 Å². The van der Waals surface area contributed by atoms with E-state index in [1.54, 1.807) is 6.92 Å². The lowest BCUT2D eigenvalue weighted by molar-refractivity contribution is 0.818. The second-order valence-corrected chi connectivity index (χ2v) is 4.79. The minimum Gasteiger partial charge on any atom is -0.215 e. The quantitative estimate of drug-likeness (QED) is 0.746. The second kappa shape index (κ2) is 4.17. The van der Waals surface area contributed by atoms with Gasteiger partial charge in [0.15, 0.2) is 5.65 Å². The van der Waals surface area contributed by atoms with Gasteiger partial charge in [0.2, 0.25) is 0 Å². The molecule has 0 saturated heterocycles. The summed E-state index contributed by atoms with van der Waals surface area (Å²) >= 11 is 12.3. The summed E-state index contributed by atoms with van der Waals surface area (Å²) in [6, 6.07) is 2.06. The van der Waals surface area contributed by atoms with Crippen LogP contribution in [0.15, 0.2) is 0 Å². The molecule has 0 aliphatic rings. The summed E-state index contributed by atoms with van der Waals surface area (Å²) in [4.78, 5) is 4.21. The fourth-order valence-electron chi connectivity index (χ4n) is 1.71. The van der Waals surface area contributed by atoms with Crippen molar-refractivity contribution in [3.8, 4) is 6.07 Å². The molecular formula is C11H10Cl2N4. The molecule has 0 atom stereocenters. The molecule has 2 rings (SSSR count). The van der Waals surface area contributed by atoms with E-state index in [0.717, 1.165) is 5.56 Å². The summed E-state index contributed by atoms with van der Waals surface area (Å²) in [5.74, 6) is 0.141. The molecule has 0 aliphatic heterocycles. The highest BCUT2D eigenvalue weighted by Gasteiger charge is 2.20. The zero-order valence-electron chi connectivity index (χ0n) is 9.62. The van der Waals surface area contributed by atoms with Crippen LogP contribution in [0.3, 0.4) is 0 Å². The van der Waals surface area contributed by atoms with Gasteiger partial charge >= 0.3 is 0 Å². The Hall–Kier alpha value is -1.31. The van der Waals surface area contributed by atoms with Gasteiger partial charge in [-0.1, -0.05) is 37.0 Å². The van der Waals surface area contributed by atoms with Crippen LogP contribution in [0.5, 0.6) is 0 Å². The van der Waals surface area contributed by atoms with E-state index in [1.807, 2.05) is 13.8 Å². The number of halogens is 2. The van der Waals surface area contributed by atoms with Crippen LogP contribution in [0.25, 0.3) is 5.65 Å². The Bertz CT molecular complexity index is 637. The first-order valence-electron chi connectivity index (χ1n) is 5.11. The van der Waals surface area contributed by atoms with Gasteiger partial charge < -0.3 is 0 Å². The molecule has 0 spiro atoms. The third-order valence-corrected chi connectivity index (χ3v) is 3.21. The van der Waals surface area contributed by atoms with Crippen molar-refractivity contribution in [1.29, 1.82) is 5.26 Å². The lowest BCUT2D eigenvalue weighted by Crippen LogP contribution is -2.02. The van der Waals surface area contributed by atoms with Crippen LogP contribution in [0.1, 0.15) is 36.6 Å². The van der Waals surface area contributed by atoms with Gasteiger partial charge in [-0.3, -0.25) is 0 Å². The molecular weight excluding hydrogens is 259 g/mol. The highest BCUT2D eigenvalue weighted by Crippen LogP contribution is 2.31. The largest absolute Gasteiger partial charge is 0.215 e. The van der Waals surface area contributed by atoms with Gasteiger partial charge in [0.25, 0.3) is 0 Å². The average molecular weight is 269 g/mol. The van der Waals surface area contributed by atoms with Crippen molar-refractivity contribution in [2.24, 2.45) is 0 Å². The standard InChI is InChI=1S/C11H10Cl2N4/c1-5(2)8-9(12)15-11-7(4-14)6(3)16-17(11)10(8)13/h5H,1-3H3. The molecule has 0 aromatic carbocycles. The van der Waals surface area contributed by atoms with Crippen LogP contribution in [-0.4, -0.2) is 14.6 Å². The smallest absolute Gasteiger partial charge is 0.176 e. The topological polar surface area (TPSA) is 54.0 Å². The fraction of sp³-hybridized carbons (Fsp3) is 0.364. The predicted molar refractivity (Wildman–Crippen MR) is 66.5 cm³/mol. The maximum atomic E-state index is 9.04. The van der Waals surface area contributed by atoms with Gasteiger partial charge in [-0.05, 0) is 12.8 Å². The van der Waals surface area contributed by atoms with Gasteiger partial charge in [0.05, 0.1) is 5.69 Å². The zero-order chi connectivity index (χ0) is 12.7. The van der Waals surface area contributed by atoms with Crippen LogP contribution < -0.4 is 0 Å². The predicted octanol–water partition coefficient (Wildman–Crippen LogP) is 3.34. The average Bonchev–Trinajstić information content (AvgIpc) is 2.54.